The quantitative estimate of drug-likeness (QED) is 0.686. The number of aromatic nitrogens is 1. The number of hydrogen-bond acceptors (Lipinski definition) is 2. The van der Waals surface area contributed by atoms with Gasteiger partial charge in [0.05, 0.1) is 12.1 Å². The van der Waals surface area contributed by atoms with E-state index in [0.29, 0.717) is 11.8 Å². The predicted octanol–water partition coefficient (Wildman–Crippen LogP) is 3.08. The molecule has 0 bridgehead atoms. The Morgan fingerprint density at radius 3 is 2.62 bits per heavy atom. The van der Waals surface area contributed by atoms with Gasteiger partial charge in [-0.05, 0) is 0 Å². The third-order valence-electron chi connectivity index (χ3n) is 1.73. The smallest absolute Gasteiger partial charge is 0.209 e. The van der Waals surface area contributed by atoms with Crippen LogP contribution in [0.5, 0.6) is 0 Å². The second-order valence-corrected chi connectivity index (χ2v) is 2.89. The molecule has 0 saturated heterocycles. The third kappa shape index (κ3) is 1.73. The summed E-state index contributed by atoms with van der Waals surface area (Å²) in [4.78, 5) is 4.01. The second-order valence-electron chi connectivity index (χ2n) is 2.62. The lowest BCUT2D eigenvalue weighted by Gasteiger charge is -1.92. The zero-order valence-electron chi connectivity index (χ0n) is 6.90. The molecule has 1 heterocycles. The Morgan fingerprint density at radius 2 is 2.00 bits per heavy atom. The van der Waals surface area contributed by atoms with E-state index >= 15 is 0 Å². The van der Waals surface area contributed by atoms with Crippen LogP contribution in [0.4, 0.5) is 0 Å². The Hall–Kier alpha value is -1.28. The molecule has 66 valence electrons. The molecular weight excluding hydrogens is 186 g/mol. The maximum Gasteiger partial charge on any atom is 0.209 e. The number of oxazole rings is 1. The van der Waals surface area contributed by atoms with Crippen molar-refractivity contribution >= 4 is 11.6 Å². The summed E-state index contributed by atoms with van der Waals surface area (Å²) in [7, 11) is 0. The summed E-state index contributed by atoms with van der Waals surface area (Å²) in [6, 6.07) is 9.82. The molecule has 0 aliphatic heterocycles. The minimum atomic E-state index is 0.312. The van der Waals surface area contributed by atoms with Crippen molar-refractivity contribution in [2.45, 2.75) is 5.88 Å². The first kappa shape index (κ1) is 8.32. The maximum absolute atomic E-state index is 5.57. The van der Waals surface area contributed by atoms with Crippen LogP contribution < -0.4 is 0 Å². The Bertz CT molecular complexity index is 383. The molecule has 2 aromatic rings. The van der Waals surface area contributed by atoms with E-state index < -0.39 is 0 Å². The number of hydrogen-bond donors (Lipinski definition) is 0. The van der Waals surface area contributed by atoms with Crippen LogP contribution in [-0.2, 0) is 5.88 Å². The average Bonchev–Trinajstić information content (AvgIpc) is 2.67. The highest BCUT2D eigenvalue weighted by atomic mass is 35.5. The van der Waals surface area contributed by atoms with Gasteiger partial charge in [0.1, 0.15) is 0 Å². The van der Waals surface area contributed by atoms with Crippen LogP contribution in [0.25, 0.3) is 11.3 Å². The summed E-state index contributed by atoms with van der Waals surface area (Å²) < 4.78 is 5.38. The Morgan fingerprint density at radius 1 is 1.23 bits per heavy atom. The van der Waals surface area contributed by atoms with Gasteiger partial charge in [-0.25, -0.2) is 4.98 Å². The molecule has 1 aromatic carbocycles. The van der Waals surface area contributed by atoms with Gasteiger partial charge < -0.3 is 4.42 Å². The van der Waals surface area contributed by atoms with E-state index in [-0.39, 0.29) is 0 Å². The zero-order chi connectivity index (χ0) is 9.10. The van der Waals surface area contributed by atoms with Gasteiger partial charge in [0.15, 0.2) is 5.76 Å². The molecule has 0 atom stereocenters. The average molecular weight is 194 g/mol. The highest BCUT2D eigenvalue weighted by Gasteiger charge is 2.03. The lowest BCUT2D eigenvalue weighted by molar-refractivity contribution is 0.529. The standard InChI is InChI=1S/C10H8ClNO/c11-6-10-12-7-9(13-10)8-4-2-1-3-5-8/h1-5,7H,6H2. The van der Waals surface area contributed by atoms with E-state index in [1.54, 1.807) is 6.20 Å². The molecule has 0 fully saturated rings. The van der Waals surface area contributed by atoms with Crippen molar-refractivity contribution in [1.29, 1.82) is 0 Å². The van der Waals surface area contributed by atoms with Gasteiger partial charge >= 0.3 is 0 Å². The van der Waals surface area contributed by atoms with Gasteiger partial charge in [-0.3, -0.25) is 0 Å². The predicted molar refractivity (Wildman–Crippen MR) is 51.5 cm³/mol. The summed E-state index contributed by atoms with van der Waals surface area (Å²) in [6.45, 7) is 0. The van der Waals surface area contributed by atoms with Gasteiger partial charge in [0.25, 0.3) is 0 Å². The van der Waals surface area contributed by atoms with Gasteiger partial charge in [0, 0.05) is 5.56 Å². The molecule has 13 heavy (non-hydrogen) atoms. The minimum Gasteiger partial charge on any atom is -0.439 e. The second kappa shape index (κ2) is 3.62. The van der Waals surface area contributed by atoms with Crippen LogP contribution in [0.3, 0.4) is 0 Å². The summed E-state index contributed by atoms with van der Waals surface area (Å²) >= 11 is 5.57. The van der Waals surface area contributed by atoms with E-state index in [1.165, 1.54) is 0 Å². The van der Waals surface area contributed by atoms with Crippen molar-refractivity contribution in [3.05, 3.63) is 42.4 Å². The van der Waals surface area contributed by atoms with Crippen LogP contribution in [0.15, 0.2) is 40.9 Å². The number of nitrogens with zero attached hydrogens (tertiary/aromatic N) is 1. The fourth-order valence-corrected chi connectivity index (χ4v) is 1.23. The van der Waals surface area contributed by atoms with E-state index in [0.717, 1.165) is 11.3 Å². The fraction of sp³-hybridized carbons (Fsp3) is 0.100. The van der Waals surface area contributed by atoms with Crippen molar-refractivity contribution in [3.63, 3.8) is 0 Å². The van der Waals surface area contributed by atoms with Crippen LogP contribution >= 0.6 is 11.6 Å². The normalized spacial score (nSPS) is 10.2. The summed E-state index contributed by atoms with van der Waals surface area (Å²) in [5.74, 6) is 1.63. The van der Waals surface area contributed by atoms with E-state index in [1.807, 2.05) is 30.3 Å². The largest absolute Gasteiger partial charge is 0.439 e. The van der Waals surface area contributed by atoms with Crippen LogP contribution in [0.1, 0.15) is 5.89 Å². The topological polar surface area (TPSA) is 26.0 Å². The molecule has 1 aromatic heterocycles. The highest BCUT2D eigenvalue weighted by Crippen LogP contribution is 2.19. The molecule has 0 amide bonds. The first-order valence-electron chi connectivity index (χ1n) is 3.96. The molecule has 2 rings (SSSR count). The summed E-state index contributed by atoms with van der Waals surface area (Å²) in [5, 5.41) is 0. The van der Waals surface area contributed by atoms with Crippen molar-refractivity contribution in [3.8, 4) is 11.3 Å². The van der Waals surface area contributed by atoms with Gasteiger partial charge in [0.2, 0.25) is 5.89 Å². The van der Waals surface area contributed by atoms with E-state index in [4.69, 9.17) is 16.0 Å². The molecule has 0 aliphatic carbocycles. The van der Waals surface area contributed by atoms with Crippen LogP contribution in [0.2, 0.25) is 0 Å². The van der Waals surface area contributed by atoms with E-state index in [2.05, 4.69) is 4.98 Å². The molecule has 2 nitrogen and oxygen atoms in total. The summed E-state index contributed by atoms with van der Waals surface area (Å²) in [5.41, 5.74) is 1.02. The van der Waals surface area contributed by atoms with E-state index in [9.17, 15) is 0 Å². The molecule has 0 saturated carbocycles. The van der Waals surface area contributed by atoms with Gasteiger partial charge in [-0.15, -0.1) is 11.6 Å². The molecule has 0 radical (unpaired) electrons. The molecule has 3 heteroatoms. The Balaban J connectivity index is 2.36. The number of rotatable bonds is 2. The minimum absolute atomic E-state index is 0.312. The fourth-order valence-electron chi connectivity index (χ4n) is 1.11. The Kier molecular flexibility index (Phi) is 2.32. The molecular formula is C10H8ClNO. The third-order valence-corrected chi connectivity index (χ3v) is 1.95. The number of benzene rings is 1. The lowest BCUT2D eigenvalue weighted by atomic mass is 10.2. The number of halogens is 1. The number of alkyl halides is 1. The molecule has 0 N–H and O–H groups in total. The molecule has 0 unspecified atom stereocenters. The van der Waals surface area contributed by atoms with Gasteiger partial charge in [-0.2, -0.15) is 0 Å². The van der Waals surface area contributed by atoms with Crippen molar-refractivity contribution in [1.82, 2.24) is 4.98 Å². The molecule has 0 spiro atoms. The first-order chi connectivity index (χ1) is 6.40. The zero-order valence-corrected chi connectivity index (χ0v) is 7.66. The van der Waals surface area contributed by atoms with Crippen molar-refractivity contribution in [2.24, 2.45) is 0 Å². The monoisotopic (exact) mass is 193 g/mol. The van der Waals surface area contributed by atoms with Crippen LogP contribution in [0, 0.1) is 0 Å². The first-order valence-corrected chi connectivity index (χ1v) is 4.49. The van der Waals surface area contributed by atoms with Gasteiger partial charge in [-0.1, -0.05) is 30.3 Å². The highest BCUT2D eigenvalue weighted by molar-refractivity contribution is 6.16. The van der Waals surface area contributed by atoms with Crippen molar-refractivity contribution < 1.29 is 4.42 Å². The lowest BCUT2D eigenvalue weighted by Crippen LogP contribution is -1.71. The summed E-state index contributed by atoms with van der Waals surface area (Å²) in [6.07, 6.45) is 1.69. The molecule has 0 aliphatic rings. The Labute approximate surface area is 81.2 Å². The van der Waals surface area contributed by atoms with Crippen molar-refractivity contribution in [2.75, 3.05) is 0 Å². The maximum atomic E-state index is 5.57. The van der Waals surface area contributed by atoms with Crippen LogP contribution in [-0.4, -0.2) is 4.98 Å². The SMILES string of the molecule is ClCc1ncc(-c2ccccc2)o1.